The number of hydrogen-bond donors (Lipinski definition) is 1. The molecule has 1 saturated carbocycles. The lowest BCUT2D eigenvalue weighted by atomic mass is 10.0. The standard InChI is InChI=1S/C8H12O3/c1-4(8(9)10)7-5-2-11-3-6(5)7/h4-7H,2-3H2,1H3,(H,9,10)/t4?,5-,6+,7+. The van der Waals surface area contributed by atoms with Gasteiger partial charge in [-0.2, -0.15) is 0 Å². The largest absolute Gasteiger partial charge is 0.481 e. The highest BCUT2D eigenvalue weighted by Crippen LogP contribution is 2.54. The van der Waals surface area contributed by atoms with E-state index in [0.717, 1.165) is 13.2 Å². The van der Waals surface area contributed by atoms with E-state index in [2.05, 4.69) is 0 Å². The van der Waals surface area contributed by atoms with Crippen LogP contribution in [0.1, 0.15) is 6.92 Å². The van der Waals surface area contributed by atoms with Crippen molar-refractivity contribution in [2.45, 2.75) is 6.92 Å². The monoisotopic (exact) mass is 156 g/mol. The molecule has 1 N–H and O–H groups in total. The molecule has 0 radical (unpaired) electrons. The first-order valence-electron chi connectivity index (χ1n) is 4.02. The van der Waals surface area contributed by atoms with Gasteiger partial charge in [-0.05, 0) is 17.8 Å². The first-order chi connectivity index (χ1) is 5.22. The van der Waals surface area contributed by atoms with Crippen LogP contribution in [0.25, 0.3) is 0 Å². The van der Waals surface area contributed by atoms with Crippen molar-refractivity contribution in [1.29, 1.82) is 0 Å². The van der Waals surface area contributed by atoms with Crippen molar-refractivity contribution in [3.63, 3.8) is 0 Å². The highest BCUT2D eigenvalue weighted by Gasteiger charge is 2.57. The molecule has 0 spiro atoms. The molecule has 1 aliphatic heterocycles. The summed E-state index contributed by atoms with van der Waals surface area (Å²) in [6.45, 7) is 3.37. The second kappa shape index (κ2) is 2.21. The molecule has 2 fully saturated rings. The molecule has 0 aromatic heterocycles. The topological polar surface area (TPSA) is 46.5 Å². The van der Waals surface area contributed by atoms with Crippen molar-refractivity contribution < 1.29 is 14.6 Å². The van der Waals surface area contributed by atoms with E-state index in [0.29, 0.717) is 17.8 Å². The Labute approximate surface area is 65.4 Å². The summed E-state index contributed by atoms with van der Waals surface area (Å²) in [4.78, 5) is 10.6. The zero-order valence-electron chi connectivity index (χ0n) is 6.49. The van der Waals surface area contributed by atoms with Crippen molar-refractivity contribution in [3.05, 3.63) is 0 Å². The molecule has 1 unspecified atom stereocenters. The highest BCUT2D eigenvalue weighted by molar-refractivity contribution is 5.70. The summed E-state index contributed by atoms with van der Waals surface area (Å²) in [5.41, 5.74) is 0. The van der Waals surface area contributed by atoms with Crippen LogP contribution in [0.15, 0.2) is 0 Å². The average molecular weight is 156 g/mol. The van der Waals surface area contributed by atoms with Gasteiger partial charge in [0.25, 0.3) is 0 Å². The molecule has 1 heterocycles. The number of ether oxygens (including phenoxy) is 1. The van der Waals surface area contributed by atoms with Crippen molar-refractivity contribution >= 4 is 5.97 Å². The number of carboxylic acids is 1. The van der Waals surface area contributed by atoms with Crippen molar-refractivity contribution in [2.24, 2.45) is 23.7 Å². The van der Waals surface area contributed by atoms with Crippen LogP contribution in [0.5, 0.6) is 0 Å². The maximum absolute atomic E-state index is 10.6. The smallest absolute Gasteiger partial charge is 0.306 e. The molecule has 0 amide bonds. The van der Waals surface area contributed by atoms with Gasteiger partial charge in [-0.3, -0.25) is 4.79 Å². The first kappa shape index (κ1) is 7.10. The molecule has 2 rings (SSSR count). The fourth-order valence-electron chi connectivity index (χ4n) is 2.19. The number of aliphatic carboxylic acids is 1. The number of carbonyl (C=O) groups is 1. The maximum Gasteiger partial charge on any atom is 0.306 e. The molecule has 0 bridgehead atoms. The lowest BCUT2D eigenvalue weighted by molar-refractivity contribution is -0.142. The van der Waals surface area contributed by atoms with Gasteiger partial charge in [-0.15, -0.1) is 0 Å². The average Bonchev–Trinajstić information content (AvgIpc) is 2.41. The quantitative estimate of drug-likeness (QED) is 0.636. The fraction of sp³-hybridized carbons (Fsp3) is 0.875. The van der Waals surface area contributed by atoms with E-state index < -0.39 is 5.97 Å². The van der Waals surface area contributed by atoms with E-state index in [1.165, 1.54) is 0 Å². The van der Waals surface area contributed by atoms with Crippen molar-refractivity contribution in [3.8, 4) is 0 Å². The number of fused-ring (bicyclic) bond motifs is 1. The van der Waals surface area contributed by atoms with Crippen LogP contribution in [-0.2, 0) is 9.53 Å². The summed E-state index contributed by atoms with van der Waals surface area (Å²) in [5, 5.41) is 8.71. The zero-order valence-corrected chi connectivity index (χ0v) is 6.49. The Balaban J connectivity index is 1.95. The molecule has 1 aliphatic carbocycles. The first-order valence-corrected chi connectivity index (χ1v) is 4.02. The number of rotatable bonds is 2. The number of hydrogen-bond acceptors (Lipinski definition) is 2. The van der Waals surface area contributed by atoms with Gasteiger partial charge in [0, 0.05) is 0 Å². The molecule has 11 heavy (non-hydrogen) atoms. The molecule has 0 aromatic carbocycles. The van der Waals surface area contributed by atoms with Gasteiger partial charge in [0.2, 0.25) is 0 Å². The van der Waals surface area contributed by atoms with Gasteiger partial charge in [0.1, 0.15) is 0 Å². The van der Waals surface area contributed by atoms with E-state index >= 15 is 0 Å². The van der Waals surface area contributed by atoms with Crippen molar-refractivity contribution in [1.82, 2.24) is 0 Å². The Morgan fingerprint density at radius 1 is 1.55 bits per heavy atom. The Hall–Kier alpha value is -0.570. The third-order valence-corrected chi connectivity index (χ3v) is 2.99. The van der Waals surface area contributed by atoms with Gasteiger partial charge in [-0.25, -0.2) is 0 Å². The molecule has 0 aromatic rings. The summed E-state index contributed by atoms with van der Waals surface area (Å²) < 4.78 is 5.17. The van der Waals surface area contributed by atoms with Crippen LogP contribution in [0.2, 0.25) is 0 Å². The number of carboxylic acid groups (broad SMARTS) is 1. The van der Waals surface area contributed by atoms with Gasteiger partial charge < -0.3 is 9.84 Å². The van der Waals surface area contributed by atoms with Crippen LogP contribution >= 0.6 is 0 Å². The Bertz CT molecular complexity index is 180. The summed E-state index contributed by atoms with van der Waals surface area (Å²) in [5.74, 6) is 0.682. The summed E-state index contributed by atoms with van der Waals surface area (Å²) >= 11 is 0. The van der Waals surface area contributed by atoms with E-state index in [1.54, 1.807) is 6.92 Å². The third-order valence-electron chi connectivity index (χ3n) is 2.99. The van der Waals surface area contributed by atoms with Gasteiger partial charge >= 0.3 is 5.97 Å². The minimum absolute atomic E-state index is 0.172. The normalized spacial score (nSPS) is 43.2. The second-order valence-electron chi connectivity index (χ2n) is 3.57. The molecule has 62 valence electrons. The third kappa shape index (κ3) is 0.948. The van der Waals surface area contributed by atoms with E-state index in [4.69, 9.17) is 9.84 Å². The van der Waals surface area contributed by atoms with Crippen molar-refractivity contribution in [2.75, 3.05) is 13.2 Å². The molecule has 1 saturated heterocycles. The predicted octanol–water partition coefficient (Wildman–Crippen LogP) is 0.599. The maximum atomic E-state index is 10.6. The Kier molecular flexibility index (Phi) is 1.42. The van der Waals surface area contributed by atoms with Gasteiger partial charge in [-0.1, -0.05) is 6.92 Å². The predicted molar refractivity (Wildman–Crippen MR) is 38.1 cm³/mol. The highest BCUT2D eigenvalue weighted by atomic mass is 16.5. The summed E-state index contributed by atoms with van der Waals surface area (Å²) in [6, 6.07) is 0. The molecule has 3 nitrogen and oxygen atoms in total. The minimum Gasteiger partial charge on any atom is -0.481 e. The zero-order chi connectivity index (χ0) is 8.01. The SMILES string of the molecule is CC(C(=O)O)[C@H]1[C@@H]2COC[C@@H]21. The molecule has 3 heteroatoms. The van der Waals surface area contributed by atoms with Crippen LogP contribution in [0.4, 0.5) is 0 Å². The lowest BCUT2D eigenvalue weighted by Gasteiger charge is -2.07. The molecular weight excluding hydrogens is 144 g/mol. The summed E-state index contributed by atoms with van der Waals surface area (Å²) in [7, 11) is 0. The van der Waals surface area contributed by atoms with Crippen LogP contribution < -0.4 is 0 Å². The second-order valence-corrected chi connectivity index (χ2v) is 3.57. The van der Waals surface area contributed by atoms with Crippen LogP contribution in [0, 0.1) is 23.7 Å². The van der Waals surface area contributed by atoms with Gasteiger partial charge in [0.05, 0.1) is 19.1 Å². The molecule has 4 atom stereocenters. The van der Waals surface area contributed by atoms with Crippen LogP contribution in [0.3, 0.4) is 0 Å². The van der Waals surface area contributed by atoms with E-state index in [9.17, 15) is 4.79 Å². The molecular formula is C8H12O3. The Morgan fingerprint density at radius 2 is 2.09 bits per heavy atom. The molecule has 2 aliphatic rings. The summed E-state index contributed by atoms with van der Waals surface area (Å²) in [6.07, 6.45) is 0. The van der Waals surface area contributed by atoms with Gasteiger partial charge in [0.15, 0.2) is 0 Å². The van der Waals surface area contributed by atoms with E-state index in [-0.39, 0.29) is 5.92 Å². The van der Waals surface area contributed by atoms with Crippen LogP contribution in [-0.4, -0.2) is 24.3 Å². The minimum atomic E-state index is -0.663. The lowest BCUT2D eigenvalue weighted by Crippen LogP contribution is -2.16. The Morgan fingerprint density at radius 3 is 2.55 bits per heavy atom. The van der Waals surface area contributed by atoms with E-state index in [1.807, 2.05) is 0 Å². The fourth-order valence-corrected chi connectivity index (χ4v) is 2.19.